The van der Waals surface area contributed by atoms with Gasteiger partial charge in [-0.2, -0.15) is 0 Å². The summed E-state index contributed by atoms with van der Waals surface area (Å²) in [6, 6.07) is 4.65. The maximum Gasteiger partial charge on any atom is 0.308 e. The van der Waals surface area contributed by atoms with Gasteiger partial charge in [-0.1, -0.05) is 35.3 Å². The van der Waals surface area contributed by atoms with Crippen molar-refractivity contribution in [3.63, 3.8) is 0 Å². The summed E-state index contributed by atoms with van der Waals surface area (Å²) in [7, 11) is 0. The lowest BCUT2D eigenvalue weighted by Gasteiger charge is -2.21. The zero-order chi connectivity index (χ0) is 13.9. The van der Waals surface area contributed by atoms with Crippen molar-refractivity contribution in [2.24, 2.45) is 5.73 Å². The molecule has 0 saturated carbocycles. The Balaban J connectivity index is 2.74. The third kappa shape index (κ3) is 4.48. The van der Waals surface area contributed by atoms with Crippen LogP contribution in [-0.2, 0) is 9.53 Å². The minimum Gasteiger partial charge on any atom is -0.460 e. The van der Waals surface area contributed by atoms with Gasteiger partial charge in [0.1, 0.15) is 5.60 Å². The van der Waals surface area contributed by atoms with Gasteiger partial charge in [0.2, 0.25) is 0 Å². The fourth-order valence-electron chi connectivity index (χ4n) is 1.48. The van der Waals surface area contributed by atoms with Crippen LogP contribution in [0.5, 0.6) is 0 Å². The number of benzene rings is 1. The molecular formula is C13H17Cl2NO2. The first kappa shape index (κ1) is 15.3. The summed E-state index contributed by atoms with van der Waals surface area (Å²) >= 11 is 11.9. The van der Waals surface area contributed by atoms with Gasteiger partial charge in [0.25, 0.3) is 0 Å². The highest BCUT2D eigenvalue weighted by molar-refractivity contribution is 6.42. The van der Waals surface area contributed by atoms with Crippen LogP contribution >= 0.6 is 23.2 Å². The lowest BCUT2D eigenvalue weighted by Crippen LogP contribution is -2.26. The number of rotatable bonds is 3. The molecule has 2 N–H and O–H groups in total. The molecule has 1 rings (SSSR count). The first-order valence-corrected chi connectivity index (χ1v) is 6.37. The van der Waals surface area contributed by atoms with E-state index >= 15 is 0 Å². The Bertz CT molecular complexity index is 441. The van der Waals surface area contributed by atoms with Crippen LogP contribution in [0.2, 0.25) is 10.0 Å². The summed E-state index contributed by atoms with van der Waals surface area (Å²) in [5.41, 5.74) is 6.07. The van der Waals surface area contributed by atoms with Crippen LogP contribution in [0.3, 0.4) is 0 Å². The molecule has 0 aliphatic heterocycles. The highest BCUT2D eigenvalue weighted by atomic mass is 35.5. The Labute approximate surface area is 117 Å². The zero-order valence-electron chi connectivity index (χ0n) is 10.7. The highest BCUT2D eigenvalue weighted by Crippen LogP contribution is 2.30. The second-order valence-corrected chi connectivity index (χ2v) is 5.83. The van der Waals surface area contributed by atoms with E-state index in [4.69, 9.17) is 33.7 Å². The molecule has 1 unspecified atom stereocenters. The van der Waals surface area contributed by atoms with Crippen LogP contribution in [0.4, 0.5) is 0 Å². The van der Waals surface area contributed by atoms with Gasteiger partial charge in [0.15, 0.2) is 0 Å². The van der Waals surface area contributed by atoms with E-state index in [9.17, 15) is 4.79 Å². The third-order valence-electron chi connectivity index (χ3n) is 2.19. The number of carbonyl (C=O) groups excluding carboxylic acids is 1. The molecule has 0 radical (unpaired) electrons. The van der Waals surface area contributed by atoms with Crippen molar-refractivity contribution in [1.29, 1.82) is 0 Å². The first-order chi connectivity index (χ1) is 8.20. The van der Waals surface area contributed by atoms with Gasteiger partial charge in [-0.15, -0.1) is 0 Å². The van der Waals surface area contributed by atoms with Crippen LogP contribution in [0.1, 0.15) is 38.8 Å². The smallest absolute Gasteiger partial charge is 0.308 e. The fourth-order valence-corrected chi connectivity index (χ4v) is 1.93. The van der Waals surface area contributed by atoms with Crippen LogP contribution in [0, 0.1) is 0 Å². The lowest BCUT2D eigenvalue weighted by atomic mass is 10.0. The SMILES string of the molecule is CC(C)(C)OC(=O)CC(N)c1cccc(Cl)c1Cl. The third-order valence-corrected chi connectivity index (χ3v) is 3.02. The standard InChI is InChI=1S/C13H17Cl2NO2/c1-13(2,3)18-11(17)7-10(16)8-5-4-6-9(14)12(8)15/h4-6,10H,7,16H2,1-3H3. The van der Waals surface area contributed by atoms with E-state index in [1.807, 2.05) is 20.8 Å². The molecule has 5 heteroatoms. The van der Waals surface area contributed by atoms with Crippen molar-refractivity contribution in [3.05, 3.63) is 33.8 Å². The predicted molar refractivity (Wildman–Crippen MR) is 73.9 cm³/mol. The van der Waals surface area contributed by atoms with Crippen molar-refractivity contribution in [2.75, 3.05) is 0 Å². The summed E-state index contributed by atoms with van der Waals surface area (Å²) in [5, 5.41) is 0.809. The average molecular weight is 290 g/mol. The zero-order valence-corrected chi connectivity index (χ0v) is 12.2. The van der Waals surface area contributed by atoms with E-state index in [2.05, 4.69) is 0 Å². The second kappa shape index (κ2) is 5.91. The topological polar surface area (TPSA) is 52.3 Å². The Morgan fingerprint density at radius 2 is 2.00 bits per heavy atom. The summed E-state index contributed by atoms with van der Waals surface area (Å²) < 4.78 is 5.20. The quantitative estimate of drug-likeness (QED) is 0.863. The molecule has 3 nitrogen and oxygen atoms in total. The maximum atomic E-state index is 11.7. The number of halogens is 2. The van der Waals surface area contributed by atoms with E-state index < -0.39 is 11.6 Å². The molecule has 0 aliphatic carbocycles. The molecule has 0 fully saturated rings. The molecule has 1 atom stereocenters. The predicted octanol–water partition coefficient (Wildman–Crippen LogP) is 3.73. The Morgan fingerprint density at radius 1 is 1.39 bits per heavy atom. The van der Waals surface area contributed by atoms with Crippen LogP contribution < -0.4 is 5.73 Å². The van der Waals surface area contributed by atoms with Crippen LogP contribution in [-0.4, -0.2) is 11.6 Å². The largest absolute Gasteiger partial charge is 0.460 e. The molecule has 0 amide bonds. The number of hydrogen-bond donors (Lipinski definition) is 1. The summed E-state index contributed by atoms with van der Waals surface area (Å²) in [6.07, 6.45) is 0.0668. The summed E-state index contributed by atoms with van der Waals surface area (Å²) in [4.78, 5) is 11.7. The molecule has 0 heterocycles. The van der Waals surface area contributed by atoms with Crippen molar-refractivity contribution < 1.29 is 9.53 Å². The van der Waals surface area contributed by atoms with E-state index in [1.54, 1.807) is 18.2 Å². The van der Waals surface area contributed by atoms with Gasteiger partial charge in [-0.3, -0.25) is 4.79 Å². The van der Waals surface area contributed by atoms with Gasteiger partial charge in [0, 0.05) is 6.04 Å². The normalized spacial score (nSPS) is 13.2. The summed E-state index contributed by atoms with van der Waals surface area (Å²) in [6.45, 7) is 5.42. The Hall–Kier alpha value is -0.770. The van der Waals surface area contributed by atoms with E-state index in [-0.39, 0.29) is 12.4 Å². The Kier molecular flexibility index (Phi) is 5.02. The van der Waals surface area contributed by atoms with Crippen molar-refractivity contribution in [1.82, 2.24) is 0 Å². The van der Waals surface area contributed by atoms with Crippen molar-refractivity contribution >= 4 is 29.2 Å². The molecule has 0 saturated heterocycles. The number of ether oxygens (including phenoxy) is 1. The van der Waals surface area contributed by atoms with Crippen molar-refractivity contribution in [2.45, 2.75) is 38.8 Å². The number of esters is 1. The monoisotopic (exact) mass is 289 g/mol. The van der Waals surface area contributed by atoms with E-state index in [0.717, 1.165) is 0 Å². The van der Waals surface area contributed by atoms with Gasteiger partial charge < -0.3 is 10.5 Å². The van der Waals surface area contributed by atoms with Gasteiger partial charge in [0.05, 0.1) is 16.5 Å². The van der Waals surface area contributed by atoms with Crippen LogP contribution in [0.25, 0.3) is 0 Å². The molecule has 1 aromatic rings. The van der Waals surface area contributed by atoms with E-state index in [1.165, 1.54) is 0 Å². The Morgan fingerprint density at radius 3 is 2.56 bits per heavy atom. The average Bonchev–Trinajstić information content (AvgIpc) is 2.18. The summed E-state index contributed by atoms with van der Waals surface area (Å²) in [5.74, 6) is -0.356. The molecule has 0 spiro atoms. The fraction of sp³-hybridized carbons (Fsp3) is 0.462. The van der Waals surface area contributed by atoms with Gasteiger partial charge >= 0.3 is 5.97 Å². The lowest BCUT2D eigenvalue weighted by molar-refractivity contribution is -0.155. The highest BCUT2D eigenvalue weighted by Gasteiger charge is 2.21. The number of carbonyl (C=O) groups is 1. The molecule has 0 bridgehead atoms. The molecule has 0 aliphatic rings. The van der Waals surface area contributed by atoms with Crippen LogP contribution in [0.15, 0.2) is 18.2 Å². The number of nitrogens with two attached hydrogens (primary N) is 1. The maximum absolute atomic E-state index is 11.7. The molecule has 0 aromatic heterocycles. The van der Waals surface area contributed by atoms with Gasteiger partial charge in [-0.05, 0) is 32.4 Å². The molecule has 18 heavy (non-hydrogen) atoms. The number of hydrogen-bond acceptors (Lipinski definition) is 3. The minimum atomic E-state index is -0.522. The molecular weight excluding hydrogens is 273 g/mol. The van der Waals surface area contributed by atoms with Crippen molar-refractivity contribution in [3.8, 4) is 0 Å². The first-order valence-electron chi connectivity index (χ1n) is 5.62. The minimum absolute atomic E-state index is 0.0668. The van der Waals surface area contributed by atoms with Gasteiger partial charge in [-0.25, -0.2) is 0 Å². The second-order valence-electron chi connectivity index (χ2n) is 5.04. The molecule has 1 aromatic carbocycles. The van der Waals surface area contributed by atoms with E-state index in [0.29, 0.717) is 15.6 Å². The molecule has 100 valence electrons.